The van der Waals surface area contributed by atoms with E-state index in [-0.39, 0.29) is 0 Å². The van der Waals surface area contributed by atoms with Crippen molar-refractivity contribution < 1.29 is 4.74 Å². The van der Waals surface area contributed by atoms with E-state index in [0.29, 0.717) is 12.4 Å². The van der Waals surface area contributed by atoms with Gasteiger partial charge in [0.2, 0.25) is 5.88 Å². The maximum Gasteiger partial charge on any atom is 0.222 e. The summed E-state index contributed by atoms with van der Waals surface area (Å²) in [4.78, 5) is 4.36. The van der Waals surface area contributed by atoms with Crippen LogP contribution < -0.4 is 10.5 Å². The Morgan fingerprint density at radius 3 is 2.61 bits per heavy atom. The second kappa shape index (κ2) is 5.65. The number of aromatic nitrogens is 1. The third kappa shape index (κ3) is 2.87. The third-order valence-corrected chi connectivity index (χ3v) is 2.82. The van der Waals surface area contributed by atoms with E-state index in [1.165, 1.54) is 0 Å². The van der Waals surface area contributed by atoms with Crippen molar-refractivity contribution in [2.75, 3.05) is 6.54 Å². The van der Waals surface area contributed by atoms with Crippen LogP contribution in [0.5, 0.6) is 11.6 Å². The standard InChI is InChI=1S/C15H18N2O/c1-11-5-3-4-6-14(11)18-15-12(2)9-13(7-8-16)10-17-15/h3-6,9-10H,7-8,16H2,1-2H3. The molecule has 1 heterocycles. The maximum absolute atomic E-state index is 5.83. The number of nitrogens with zero attached hydrogens (tertiary/aromatic N) is 1. The fourth-order valence-electron chi connectivity index (χ4n) is 1.81. The first kappa shape index (κ1) is 12.6. The molecule has 18 heavy (non-hydrogen) atoms. The van der Waals surface area contributed by atoms with Crippen molar-refractivity contribution in [3.63, 3.8) is 0 Å². The molecule has 0 unspecified atom stereocenters. The molecule has 0 atom stereocenters. The molecule has 2 rings (SSSR count). The van der Waals surface area contributed by atoms with Crippen LogP contribution in [-0.4, -0.2) is 11.5 Å². The number of para-hydroxylation sites is 1. The summed E-state index contributed by atoms with van der Waals surface area (Å²) in [6, 6.07) is 10.00. The van der Waals surface area contributed by atoms with Gasteiger partial charge in [-0.3, -0.25) is 0 Å². The highest BCUT2D eigenvalue weighted by Gasteiger charge is 2.06. The van der Waals surface area contributed by atoms with E-state index in [4.69, 9.17) is 10.5 Å². The minimum absolute atomic E-state index is 0.638. The van der Waals surface area contributed by atoms with Gasteiger partial charge in [-0.05, 0) is 50.1 Å². The highest BCUT2D eigenvalue weighted by Crippen LogP contribution is 2.25. The number of pyridine rings is 1. The first-order valence-corrected chi connectivity index (χ1v) is 6.10. The predicted molar refractivity (Wildman–Crippen MR) is 73.0 cm³/mol. The summed E-state index contributed by atoms with van der Waals surface area (Å²) in [5.74, 6) is 1.50. The van der Waals surface area contributed by atoms with Crippen molar-refractivity contribution in [1.29, 1.82) is 0 Å². The van der Waals surface area contributed by atoms with E-state index in [9.17, 15) is 0 Å². The summed E-state index contributed by atoms with van der Waals surface area (Å²) < 4.78 is 5.83. The van der Waals surface area contributed by atoms with Crippen molar-refractivity contribution in [2.24, 2.45) is 5.73 Å². The number of hydrogen-bond acceptors (Lipinski definition) is 3. The van der Waals surface area contributed by atoms with Crippen molar-refractivity contribution >= 4 is 0 Å². The van der Waals surface area contributed by atoms with E-state index in [1.54, 1.807) is 0 Å². The summed E-state index contributed by atoms with van der Waals surface area (Å²) in [5.41, 5.74) is 8.81. The van der Waals surface area contributed by atoms with Crippen LogP contribution in [0.4, 0.5) is 0 Å². The topological polar surface area (TPSA) is 48.1 Å². The monoisotopic (exact) mass is 242 g/mol. The van der Waals surface area contributed by atoms with Crippen molar-refractivity contribution in [2.45, 2.75) is 20.3 Å². The van der Waals surface area contributed by atoms with Crippen molar-refractivity contribution in [1.82, 2.24) is 4.98 Å². The average molecular weight is 242 g/mol. The molecule has 0 fully saturated rings. The molecular formula is C15H18N2O. The minimum atomic E-state index is 0.638. The van der Waals surface area contributed by atoms with Gasteiger partial charge in [-0.15, -0.1) is 0 Å². The molecule has 0 aliphatic rings. The lowest BCUT2D eigenvalue weighted by molar-refractivity contribution is 0.455. The van der Waals surface area contributed by atoms with Gasteiger partial charge in [-0.2, -0.15) is 0 Å². The molecule has 2 aromatic rings. The molecule has 3 nitrogen and oxygen atoms in total. The molecule has 0 saturated heterocycles. The van der Waals surface area contributed by atoms with Gasteiger partial charge < -0.3 is 10.5 Å². The molecule has 0 saturated carbocycles. The Labute approximate surface area is 108 Å². The fraction of sp³-hybridized carbons (Fsp3) is 0.267. The van der Waals surface area contributed by atoms with Crippen molar-refractivity contribution in [3.8, 4) is 11.6 Å². The van der Waals surface area contributed by atoms with Gasteiger partial charge in [0.25, 0.3) is 0 Å². The summed E-state index contributed by atoms with van der Waals surface area (Å²) >= 11 is 0. The number of rotatable bonds is 4. The normalized spacial score (nSPS) is 10.4. The molecule has 0 radical (unpaired) electrons. The first-order valence-electron chi connectivity index (χ1n) is 6.10. The van der Waals surface area contributed by atoms with Crippen LogP contribution in [0, 0.1) is 13.8 Å². The van der Waals surface area contributed by atoms with Gasteiger partial charge in [-0.25, -0.2) is 4.98 Å². The second-order valence-corrected chi connectivity index (χ2v) is 4.37. The SMILES string of the molecule is Cc1ccccc1Oc1ncc(CCN)cc1C. The number of benzene rings is 1. The van der Waals surface area contributed by atoms with Crippen LogP contribution in [-0.2, 0) is 6.42 Å². The van der Waals surface area contributed by atoms with Gasteiger partial charge in [0.1, 0.15) is 5.75 Å². The van der Waals surface area contributed by atoms with E-state index in [2.05, 4.69) is 11.1 Å². The number of aryl methyl sites for hydroxylation is 2. The first-order chi connectivity index (χ1) is 8.70. The second-order valence-electron chi connectivity index (χ2n) is 4.37. The quantitative estimate of drug-likeness (QED) is 0.896. The third-order valence-electron chi connectivity index (χ3n) is 2.82. The molecule has 1 aromatic carbocycles. The fourth-order valence-corrected chi connectivity index (χ4v) is 1.81. The molecule has 0 spiro atoms. The van der Waals surface area contributed by atoms with Crippen LogP contribution in [0.1, 0.15) is 16.7 Å². The summed E-state index contributed by atoms with van der Waals surface area (Å²) in [6.45, 7) is 4.66. The van der Waals surface area contributed by atoms with Crippen LogP contribution in [0.25, 0.3) is 0 Å². The maximum atomic E-state index is 5.83. The lowest BCUT2D eigenvalue weighted by atomic mass is 10.1. The lowest BCUT2D eigenvalue weighted by Crippen LogP contribution is -2.03. The molecule has 0 aliphatic carbocycles. The number of nitrogens with two attached hydrogens (primary N) is 1. The molecule has 94 valence electrons. The van der Waals surface area contributed by atoms with Crippen molar-refractivity contribution in [3.05, 3.63) is 53.2 Å². The van der Waals surface area contributed by atoms with Gasteiger partial charge in [0, 0.05) is 11.8 Å². The Balaban J connectivity index is 2.22. The Bertz CT molecular complexity index is 538. The van der Waals surface area contributed by atoms with Gasteiger partial charge >= 0.3 is 0 Å². The molecule has 0 bridgehead atoms. The predicted octanol–water partition coefficient (Wildman–Crippen LogP) is 2.99. The molecule has 0 amide bonds. The van der Waals surface area contributed by atoms with E-state index in [1.807, 2.05) is 44.3 Å². The summed E-state index contributed by atoms with van der Waals surface area (Å²) in [7, 11) is 0. The summed E-state index contributed by atoms with van der Waals surface area (Å²) in [6.07, 6.45) is 2.67. The summed E-state index contributed by atoms with van der Waals surface area (Å²) in [5, 5.41) is 0. The molecule has 3 heteroatoms. The highest BCUT2D eigenvalue weighted by atomic mass is 16.5. The van der Waals surface area contributed by atoms with E-state index in [0.717, 1.165) is 28.9 Å². The van der Waals surface area contributed by atoms with Gasteiger partial charge in [0.05, 0.1) is 0 Å². The largest absolute Gasteiger partial charge is 0.438 e. The van der Waals surface area contributed by atoms with E-state index < -0.39 is 0 Å². The Morgan fingerprint density at radius 2 is 1.94 bits per heavy atom. The van der Waals surface area contributed by atoms with Crippen LogP contribution >= 0.6 is 0 Å². The Kier molecular flexibility index (Phi) is 3.95. The highest BCUT2D eigenvalue weighted by molar-refractivity contribution is 5.37. The minimum Gasteiger partial charge on any atom is -0.438 e. The van der Waals surface area contributed by atoms with E-state index >= 15 is 0 Å². The zero-order valence-electron chi connectivity index (χ0n) is 10.8. The lowest BCUT2D eigenvalue weighted by Gasteiger charge is -2.10. The molecule has 0 aliphatic heterocycles. The Morgan fingerprint density at radius 1 is 1.17 bits per heavy atom. The van der Waals surface area contributed by atoms with Crippen LogP contribution in [0.2, 0.25) is 0 Å². The van der Waals surface area contributed by atoms with Gasteiger partial charge in [0.15, 0.2) is 0 Å². The zero-order chi connectivity index (χ0) is 13.0. The smallest absolute Gasteiger partial charge is 0.222 e. The molecule has 2 N–H and O–H groups in total. The Hall–Kier alpha value is -1.87. The average Bonchev–Trinajstić information content (AvgIpc) is 2.35. The molecule has 1 aromatic heterocycles. The number of ether oxygens (including phenoxy) is 1. The van der Waals surface area contributed by atoms with Gasteiger partial charge in [-0.1, -0.05) is 18.2 Å². The zero-order valence-corrected chi connectivity index (χ0v) is 10.8. The molecular weight excluding hydrogens is 224 g/mol. The van der Waals surface area contributed by atoms with Crippen LogP contribution in [0.15, 0.2) is 36.5 Å². The van der Waals surface area contributed by atoms with Crippen LogP contribution in [0.3, 0.4) is 0 Å². The number of hydrogen-bond donors (Lipinski definition) is 1.